The number of benzene rings is 1. The van der Waals surface area contributed by atoms with E-state index in [0.29, 0.717) is 5.69 Å². The molecule has 12 heavy (non-hydrogen) atoms. The predicted octanol–water partition coefficient (Wildman–Crippen LogP) is 2.58. The minimum Gasteiger partial charge on any atom is -0.211 e. The van der Waals surface area contributed by atoms with Gasteiger partial charge < -0.3 is 0 Å². The van der Waals surface area contributed by atoms with Crippen molar-refractivity contribution in [1.82, 2.24) is 0 Å². The van der Waals surface area contributed by atoms with E-state index in [-0.39, 0.29) is 0 Å². The maximum absolute atomic E-state index is 10.0. The number of hydrogen-bond donors (Lipinski definition) is 0. The SMILES string of the molecule is Cc1cc(C)c(N=C=O)cc1C. The molecule has 0 heterocycles. The summed E-state index contributed by atoms with van der Waals surface area (Å²) in [5, 5.41) is 0. The fourth-order valence-electron chi connectivity index (χ4n) is 1.11. The van der Waals surface area contributed by atoms with E-state index < -0.39 is 0 Å². The Labute approximate surface area is 71.9 Å². The normalized spacial score (nSPS) is 9.25. The number of carbonyl (C=O) groups excluding carboxylic acids is 1. The van der Waals surface area contributed by atoms with E-state index in [4.69, 9.17) is 0 Å². The first-order valence-electron chi connectivity index (χ1n) is 3.81. The van der Waals surface area contributed by atoms with Crippen LogP contribution >= 0.6 is 0 Å². The molecule has 2 heteroatoms. The van der Waals surface area contributed by atoms with Crippen LogP contribution < -0.4 is 0 Å². The molecular formula is C10H11NO. The quantitative estimate of drug-likeness (QED) is 0.459. The van der Waals surface area contributed by atoms with Crippen LogP contribution in [0.1, 0.15) is 16.7 Å². The number of isocyanates is 1. The van der Waals surface area contributed by atoms with Crippen molar-refractivity contribution >= 4 is 11.8 Å². The molecule has 0 spiro atoms. The molecule has 0 saturated heterocycles. The Bertz CT molecular complexity index is 349. The summed E-state index contributed by atoms with van der Waals surface area (Å²) in [6, 6.07) is 3.92. The summed E-state index contributed by atoms with van der Waals surface area (Å²) in [5.74, 6) is 0. The Morgan fingerprint density at radius 1 is 1.08 bits per heavy atom. The summed E-state index contributed by atoms with van der Waals surface area (Å²) in [4.78, 5) is 13.6. The van der Waals surface area contributed by atoms with Crippen LogP contribution in [0.15, 0.2) is 17.1 Å². The van der Waals surface area contributed by atoms with Gasteiger partial charge >= 0.3 is 0 Å². The second-order valence-corrected chi connectivity index (χ2v) is 2.93. The van der Waals surface area contributed by atoms with Gasteiger partial charge in [0.15, 0.2) is 0 Å². The first-order chi connectivity index (χ1) is 5.65. The van der Waals surface area contributed by atoms with Crippen LogP contribution in [0, 0.1) is 20.8 Å². The van der Waals surface area contributed by atoms with Crippen LogP contribution in [0.2, 0.25) is 0 Å². The maximum Gasteiger partial charge on any atom is 0.240 e. The summed E-state index contributed by atoms with van der Waals surface area (Å²) in [6.45, 7) is 5.97. The number of aryl methyl sites for hydroxylation is 3. The molecular weight excluding hydrogens is 150 g/mol. The van der Waals surface area contributed by atoms with Gasteiger partial charge in [-0.05, 0) is 43.5 Å². The van der Waals surface area contributed by atoms with E-state index in [2.05, 4.69) is 4.99 Å². The zero-order chi connectivity index (χ0) is 9.14. The highest BCUT2D eigenvalue weighted by Gasteiger charge is 1.99. The molecule has 0 radical (unpaired) electrons. The fourth-order valence-corrected chi connectivity index (χ4v) is 1.11. The number of nitrogens with zero attached hydrogens (tertiary/aromatic N) is 1. The molecule has 0 bridgehead atoms. The Morgan fingerprint density at radius 3 is 2.25 bits per heavy atom. The van der Waals surface area contributed by atoms with Crippen molar-refractivity contribution in [2.45, 2.75) is 20.8 Å². The van der Waals surface area contributed by atoms with E-state index >= 15 is 0 Å². The molecule has 0 aromatic heterocycles. The fraction of sp³-hybridized carbons (Fsp3) is 0.300. The van der Waals surface area contributed by atoms with Crippen LogP contribution in [-0.2, 0) is 4.79 Å². The van der Waals surface area contributed by atoms with Crippen LogP contribution in [0.5, 0.6) is 0 Å². The molecule has 0 atom stereocenters. The molecule has 0 N–H and O–H groups in total. The summed E-state index contributed by atoms with van der Waals surface area (Å²) >= 11 is 0. The summed E-state index contributed by atoms with van der Waals surface area (Å²) in [6.07, 6.45) is 1.55. The van der Waals surface area contributed by atoms with Gasteiger partial charge in [0.1, 0.15) is 0 Å². The van der Waals surface area contributed by atoms with Crippen molar-refractivity contribution in [2.24, 2.45) is 4.99 Å². The predicted molar refractivity (Wildman–Crippen MR) is 48.4 cm³/mol. The minimum atomic E-state index is 0.716. The van der Waals surface area contributed by atoms with Crippen molar-refractivity contribution in [3.05, 3.63) is 28.8 Å². The van der Waals surface area contributed by atoms with Gasteiger partial charge in [0.05, 0.1) is 5.69 Å². The van der Waals surface area contributed by atoms with Gasteiger partial charge in [-0.3, -0.25) is 0 Å². The average Bonchev–Trinajstić information content (AvgIpc) is 2.01. The lowest BCUT2D eigenvalue weighted by atomic mass is 10.1. The van der Waals surface area contributed by atoms with Crippen molar-refractivity contribution in [2.75, 3.05) is 0 Å². The Balaban J connectivity index is 3.32. The second-order valence-electron chi connectivity index (χ2n) is 2.93. The Kier molecular flexibility index (Phi) is 2.41. The van der Waals surface area contributed by atoms with Crippen molar-refractivity contribution < 1.29 is 4.79 Å². The Morgan fingerprint density at radius 2 is 1.67 bits per heavy atom. The molecule has 1 aromatic rings. The van der Waals surface area contributed by atoms with Crippen LogP contribution in [0.3, 0.4) is 0 Å². The van der Waals surface area contributed by atoms with Gasteiger partial charge in [-0.2, -0.15) is 4.99 Å². The van der Waals surface area contributed by atoms with Gasteiger partial charge in [-0.1, -0.05) is 6.07 Å². The standard InChI is InChI=1S/C10H11NO/c1-7-4-9(3)10(11-6-12)5-8(7)2/h4-5H,1-3H3. The molecule has 0 aliphatic rings. The highest BCUT2D eigenvalue weighted by molar-refractivity contribution is 5.56. The molecule has 62 valence electrons. The lowest BCUT2D eigenvalue weighted by Gasteiger charge is -2.03. The topological polar surface area (TPSA) is 29.4 Å². The molecule has 2 nitrogen and oxygen atoms in total. The first-order valence-corrected chi connectivity index (χ1v) is 3.81. The highest BCUT2D eigenvalue weighted by Crippen LogP contribution is 2.21. The lowest BCUT2D eigenvalue weighted by molar-refractivity contribution is 0.565. The summed E-state index contributed by atoms with van der Waals surface area (Å²) in [7, 11) is 0. The third-order valence-electron chi connectivity index (χ3n) is 1.98. The summed E-state index contributed by atoms with van der Waals surface area (Å²) < 4.78 is 0. The number of hydrogen-bond acceptors (Lipinski definition) is 2. The molecule has 0 fully saturated rings. The van der Waals surface area contributed by atoms with Crippen molar-refractivity contribution in [1.29, 1.82) is 0 Å². The number of aliphatic imine (C=N–C) groups is 1. The van der Waals surface area contributed by atoms with Gasteiger partial charge in [0.2, 0.25) is 6.08 Å². The van der Waals surface area contributed by atoms with E-state index in [1.165, 1.54) is 5.56 Å². The second kappa shape index (κ2) is 3.33. The largest absolute Gasteiger partial charge is 0.240 e. The van der Waals surface area contributed by atoms with Crippen LogP contribution in [0.4, 0.5) is 5.69 Å². The average molecular weight is 161 g/mol. The van der Waals surface area contributed by atoms with E-state index in [1.807, 2.05) is 32.9 Å². The van der Waals surface area contributed by atoms with Crippen molar-refractivity contribution in [3.63, 3.8) is 0 Å². The van der Waals surface area contributed by atoms with Crippen molar-refractivity contribution in [3.8, 4) is 0 Å². The minimum absolute atomic E-state index is 0.716. The molecule has 0 unspecified atom stereocenters. The molecule has 1 aromatic carbocycles. The van der Waals surface area contributed by atoms with Crippen LogP contribution in [0.25, 0.3) is 0 Å². The smallest absolute Gasteiger partial charge is 0.211 e. The third-order valence-corrected chi connectivity index (χ3v) is 1.98. The third kappa shape index (κ3) is 1.60. The zero-order valence-electron chi connectivity index (χ0n) is 7.51. The molecule has 0 aliphatic carbocycles. The van der Waals surface area contributed by atoms with Crippen LogP contribution in [-0.4, -0.2) is 6.08 Å². The maximum atomic E-state index is 10.0. The van der Waals surface area contributed by atoms with Gasteiger partial charge in [-0.25, -0.2) is 4.79 Å². The zero-order valence-corrected chi connectivity index (χ0v) is 7.51. The van der Waals surface area contributed by atoms with E-state index in [9.17, 15) is 4.79 Å². The lowest BCUT2D eigenvalue weighted by Crippen LogP contribution is -1.82. The highest BCUT2D eigenvalue weighted by atomic mass is 16.1. The summed E-state index contributed by atoms with van der Waals surface area (Å²) in [5.41, 5.74) is 4.10. The molecule has 0 saturated carbocycles. The first kappa shape index (κ1) is 8.69. The van der Waals surface area contributed by atoms with Gasteiger partial charge in [0.25, 0.3) is 0 Å². The van der Waals surface area contributed by atoms with E-state index in [0.717, 1.165) is 11.1 Å². The molecule has 0 aliphatic heterocycles. The molecule has 0 amide bonds. The number of rotatable bonds is 1. The van der Waals surface area contributed by atoms with Gasteiger partial charge in [0, 0.05) is 0 Å². The Hall–Kier alpha value is -1.40. The monoisotopic (exact) mass is 161 g/mol. The molecule has 1 rings (SSSR count). The van der Waals surface area contributed by atoms with Gasteiger partial charge in [-0.15, -0.1) is 0 Å². The van der Waals surface area contributed by atoms with E-state index in [1.54, 1.807) is 6.08 Å².